The monoisotopic (exact) mass is 327 g/mol. The van der Waals surface area contributed by atoms with Crippen LogP contribution in [0.5, 0.6) is 0 Å². The van der Waals surface area contributed by atoms with Gasteiger partial charge in [-0.25, -0.2) is 0 Å². The second-order valence-corrected chi connectivity index (χ2v) is 8.09. The third-order valence-corrected chi connectivity index (χ3v) is 6.31. The van der Waals surface area contributed by atoms with Crippen LogP contribution in [-0.4, -0.2) is 44.8 Å². The van der Waals surface area contributed by atoms with Crippen LogP contribution < -0.4 is 0 Å². The molecule has 1 aliphatic carbocycles. The highest BCUT2D eigenvalue weighted by Gasteiger charge is 2.40. The van der Waals surface area contributed by atoms with Crippen LogP contribution in [0.2, 0.25) is 0 Å². The van der Waals surface area contributed by atoms with Crippen molar-refractivity contribution >= 4 is 29.5 Å². The van der Waals surface area contributed by atoms with Crippen molar-refractivity contribution in [1.82, 2.24) is 4.90 Å². The van der Waals surface area contributed by atoms with E-state index in [1.54, 1.807) is 11.8 Å². The number of carbonyl (C=O) groups is 3. The first-order valence-electron chi connectivity index (χ1n) is 8.14. The predicted molar refractivity (Wildman–Crippen MR) is 85.6 cm³/mol. The lowest BCUT2D eigenvalue weighted by atomic mass is 9.82. The fourth-order valence-electron chi connectivity index (χ4n) is 3.18. The van der Waals surface area contributed by atoms with Crippen LogP contribution in [0.1, 0.15) is 52.4 Å². The lowest BCUT2D eigenvalue weighted by Gasteiger charge is -2.29. The fourth-order valence-corrected chi connectivity index (χ4v) is 4.41. The molecule has 0 aromatic heterocycles. The van der Waals surface area contributed by atoms with E-state index in [-0.39, 0.29) is 28.9 Å². The minimum Gasteiger partial charge on any atom is -0.481 e. The molecule has 0 aromatic rings. The van der Waals surface area contributed by atoms with Gasteiger partial charge in [-0.15, -0.1) is 11.8 Å². The van der Waals surface area contributed by atoms with Crippen LogP contribution >= 0.6 is 11.8 Å². The van der Waals surface area contributed by atoms with Crippen molar-refractivity contribution in [3.8, 4) is 0 Å². The summed E-state index contributed by atoms with van der Waals surface area (Å²) in [4.78, 5) is 36.9. The Kier molecular flexibility index (Phi) is 5.89. The van der Waals surface area contributed by atoms with Gasteiger partial charge in [-0.2, -0.15) is 0 Å². The number of likely N-dealkylation sites (tertiary alicyclic amines) is 1. The van der Waals surface area contributed by atoms with Gasteiger partial charge in [0.15, 0.2) is 0 Å². The zero-order chi connectivity index (χ0) is 16.3. The summed E-state index contributed by atoms with van der Waals surface area (Å²) in [5, 5.41) is 9.17. The Morgan fingerprint density at radius 3 is 2.50 bits per heavy atom. The zero-order valence-corrected chi connectivity index (χ0v) is 14.1. The standard InChI is InChI=1S/C16H25NO4S/c1-3-10(2)22-13-8-14(18)17(15(13)19)9-11-4-6-12(7-5-11)16(20)21/h10-13H,3-9H2,1-2H3,(H,20,21). The van der Waals surface area contributed by atoms with Crippen molar-refractivity contribution in [3.63, 3.8) is 0 Å². The third kappa shape index (κ3) is 4.03. The Bertz CT molecular complexity index is 445. The molecule has 124 valence electrons. The lowest BCUT2D eigenvalue weighted by Crippen LogP contribution is -2.37. The minimum absolute atomic E-state index is 0.0457. The summed E-state index contributed by atoms with van der Waals surface area (Å²) >= 11 is 1.60. The second-order valence-electron chi connectivity index (χ2n) is 6.45. The number of hydrogen-bond donors (Lipinski definition) is 1. The van der Waals surface area contributed by atoms with Crippen molar-refractivity contribution in [2.24, 2.45) is 11.8 Å². The van der Waals surface area contributed by atoms with Crippen molar-refractivity contribution in [2.75, 3.05) is 6.54 Å². The topological polar surface area (TPSA) is 74.7 Å². The number of hydrogen-bond acceptors (Lipinski definition) is 4. The van der Waals surface area contributed by atoms with Crippen LogP contribution in [0.4, 0.5) is 0 Å². The van der Waals surface area contributed by atoms with Gasteiger partial charge in [-0.1, -0.05) is 13.8 Å². The van der Waals surface area contributed by atoms with E-state index in [9.17, 15) is 14.4 Å². The average molecular weight is 327 g/mol. The highest BCUT2D eigenvalue weighted by molar-refractivity contribution is 8.01. The molecular weight excluding hydrogens is 302 g/mol. The Morgan fingerprint density at radius 2 is 1.95 bits per heavy atom. The van der Waals surface area contributed by atoms with Crippen LogP contribution in [-0.2, 0) is 14.4 Å². The van der Waals surface area contributed by atoms with Crippen molar-refractivity contribution in [2.45, 2.75) is 62.9 Å². The van der Waals surface area contributed by atoms with E-state index in [1.165, 1.54) is 4.90 Å². The first-order chi connectivity index (χ1) is 10.4. The second kappa shape index (κ2) is 7.49. The van der Waals surface area contributed by atoms with Gasteiger partial charge in [0.1, 0.15) is 0 Å². The SMILES string of the molecule is CCC(C)SC1CC(=O)N(CC2CCC(C(=O)O)CC2)C1=O. The Hall–Kier alpha value is -1.04. The quantitative estimate of drug-likeness (QED) is 0.759. The molecule has 1 saturated heterocycles. The summed E-state index contributed by atoms with van der Waals surface area (Å²) in [5.41, 5.74) is 0. The summed E-state index contributed by atoms with van der Waals surface area (Å²) in [6, 6.07) is 0. The Morgan fingerprint density at radius 1 is 1.32 bits per heavy atom. The maximum atomic E-state index is 12.4. The van der Waals surface area contributed by atoms with Crippen molar-refractivity contribution in [1.29, 1.82) is 0 Å². The number of carbonyl (C=O) groups excluding carboxylic acids is 2. The van der Waals surface area contributed by atoms with E-state index in [4.69, 9.17) is 5.11 Å². The first kappa shape index (κ1) is 17.3. The molecule has 6 heteroatoms. The molecule has 22 heavy (non-hydrogen) atoms. The van der Waals surface area contributed by atoms with Gasteiger partial charge in [0.2, 0.25) is 11.8 Å². The van der Waals surface area contributed by atoms with Gasteiger partial charge in [0.05, 0.1) is 11.2 Å². The first-order valence-corrected chi connectivity index (χ1v) is 9.09. The number of carboxylic acid groups (broad SMARTS) is 1. The Labute approximate surface area is 135 Å². The zero-order valence-electron chi connectivity index (χ0n) is 13.3. The van der Waals surface area contributed by atoms with Gasteiger partial charge >= 0.3 is 5.97 Å². The molecule has 1 heterocycles. The van der Waals surface area contributed by atoms with Crippen LogP contribution in [0.15, 0.2) is 0 Å². The van der Waals surface area contributed by atoms with E-state index in [0.29, 0.717) is 31.1 Å². The highest BCUT2D eigenvalue weighted by atomic mass is 32.2. The third-order valence-electron chi connectivity index (χ3n) is 4.81. The molecule has 2 fully saturated rings. The number of thioether (sulfide) groups is 1. The molecule has 0 spiro atoms. The molecule has 2 unspecified atom stereocenters. The largest absolute Gasteiger partial charge is 0.481 e. The van der Waals surface area contributed by atoms with E-state index >= 15 is 0 Å². The van der Waals surface area contributed by atoms with Gasteiger partial charge in [-0.3, -0.25) is 19.3 Å². The summed E-state index contributed by atoms with van der Waals surface area (Å²) in [5.74, 6) is -0.829. The van der Waals surface area contributed by atoms with Crippen LogP contribution in [0.25, 0.3) is 0 Å². The fraction of sp³-hybridized carbons (Fsp3) is 0.812. The van der Waals surface area contributed by atoms with Gasteiger partial charge < -0.3 is 5.11 Å². The molecule has 2 atom stereocenters. The number of amides is 2. The normalized spacial score (nSPS) is 30.6. The molecule has 1 saturated carbocycles. The Balaban J connectivity index is 1.87. The maximum Gasteiger partial charge on any atom is 0.306 e. The molecule has 1 N–H and O–H groups in total. The van der Waals surface area contributed by atoms with Gasteiger partial charge in [0.25, 0.3) is 0 Å². The summed E-state index contributed by atoms with van der Waals surface area (Å²) in [6.07, 6.45) is 4.19. The highest BCUT2D eigenvalue weighted by Crippen LogP contribution is 2.33. The molecular formula is C16H25NO4S. The minimum atomic E-state index is -0.725. The van der Waals surface area contributed by atoms with Crippen molar-refractivity contribution in [3.05, 3.63) is 0 Å². The average Bonchev–Trinajstić information content (AvgIpc) is 2.75. The molecule has 0 bridgehead atoms. The van der Waals surface area contributed by atoms with Crippen LogP contribution in [0.3, 0.4) is 0 Å². The number of rotatable bonds is 6. The van der Waals surface area contributed by atoms with Gasteiger partial charge in [-0.05, 0) is 38.0 Å². The lowest BCUT2D eigenvalue weighted by molar-refractivity contribution is -0.144. The smallest absolute Gasteiger partial charge is 0.306 e. The summed E-state index contributed by atoms with van der Waals surface area (Å²) < 4.78 is 0. The molecule has 2 rings (SSSR count). The molecule has 2 amide bonds. The van der Waals surface area contributed by atoms with E-state index in [2.05, 4.69) is 13.8 Å². The predicted octanol–water partition coefficient (Wildman–Crippen LogP) is 2.54. The number of imide groups is 1. The molecule has 1 aliphatic heterocycles. The molecule has 0 radical (unpaired) electrons. The van der Waals surface area contributed by atoms with Gasteiger partial charge in [0, 0.05) is 18.2 Å². The number of carboxylic acids is 1. The molecule has 5 nitrogen and oxygen atoms in total. The van der Waals surface area contributed by atoms with Crippen molar-refractivity contribution < 1.29 is 19.5 Å². The van der Waals surface area contributed by atoms with E-state index in [1.807, 2.05) is 0 Å². The summed E-state index contributed by atoms with van der Waals surface area (Å²) in [7, 11) is 0. The number of nitrogens with zero attached hydrogens (tertiary/aromatic N) is 1. The van der Waals surface area contributed by atoms with E-state index in [0.717, 1.165) is 19.3 Å². The summed E-state index contributed by atoms with van der Waals surface area (Å²) in [6.45, 7) is 4.64. The number of aliphatic carboxylic acids is 1. The van der Waals surface area contributed by atoms with E-state index < -0.39 is 5.97 Å². The molecule has 2 aliphatic rings. The van der Waals surface area contributed by atoms with Crippen LogP contribution in [0, 0.1) is 11.8 Å². The molecule has 0 aromatic carbocycles. The maximum absolute atomic E-state index is 12.4.